The van der Waals surface area contributed by atoms with E-state index in [4.69, 9.17) is 14.2 Å². The maximum Gasteiger partial charge on any atom is 0.174 e. The second kappa shape index (κ2) is 12.0. The molecule has 0 radical (unpaired) electrons. The van der Waals surface area contributed by atoms with Crippen molar-refractivity contribution in [3.63, 3.8) is 0 Å². The highest BCUT2D eigenvalue weighted by molar-refractivity contribution is 14.1. The van der Waals surface area contributed by atoms with Crippen molar-refractivity contribution in [3.8, 4) is 11.5 Å². The van der Waals surface area contributed by atoms with Gasteiger partial charge in [-0.05, 0) is 94.5 Å². The zero-order valence-corrected chi connectivity index (χ0v) is 28.9. The molecule has 0 saturated heterocycles. The third-order valence-corrected chi connectivity index (χ3v) is 9.88. The van der Waals surface area contributed by atoms with E-state index in [0.717, 1.165) is 50.1 Å². The number of benzene rings is 2. The first kappa shape index (κ1) is 31.8. The Kier molecular flexibility index (Phi) is 8.89. The van der Waals surface area contributed by atoms with E-state index in [1.807, 2.05) is 6.07 Å². The summed E-state index contributed by atoms with van der Waals surface area (Å²) in [6.45, 7) is 14.4. The summed E-state index contributed by atoms with van der Waals surface area (Å²) in [4.78, 5) is 30.4. The van der Waals surface area contributed by atoms with Gasteiger partial charge in [0.2, 0.25) is 0 Å². The van der Waals surface area contributed by atoms with E-state index in [9.17, 15) is 9.59 Å². The molecule has 0 aromatic heterocycles. The minimum atomic E-state index is -0.438. The van der Waals surface area contributed by atoms with Crippen molar-refractivity contribution in [2.75, 3.05) is 27.4 Å². The van der Waals surface area contributed by atoms with Crippen LogP contribution in [0.1, 0.15) is 81.5 Å². The molecule has 0 fully saturated rings. The maximum atomic E-state index is 14.1. The number of carbonyl (C=O) groups is 2. The van der Waals surface area contributed by atoms with E-state index < -0.39 is 5.92 Å². The Bertz CT molecular complexity index is 1480. The summed E-state index contributed by atoms with van der Waals surface area (Å²) in [5.41, 5.74) is 7.70. The van der Waals surface area contributed by atoms with Crippen LogP contribution in [0.25, 0.3) is 0 Å². The van der Waals surface area contributed by atoms with Crippen molar-refractivity contribution < 1.29 is 23.8 Å². The first-order chi connectivity index (χ1) is 20.2. The zero-order chi connectivity index (χ0) is 31.3. The smallest absolute Gasteiger partial charge is 0.174 e. The van der Waals surface area contributed by atoms with Gasteiger partial charge in [0.15, 0.2) is 23.1 Å². The summed E-state index contributed by atoms with van der Waals surface area (Å²) < 4.78 is 18.6. The van der Waals surface area contributed by atoms with Crippen molar-refractivity contribution in [2.45, 2.75) is 79.8 Å². The summed E-state index contributed by atoms with van der Waals surface area (Å²) in [6, 6.07) is 10.4. The van der Waals surface area contributed by atoms with Gasteiger partial charge in [0.25, 0.3) is 0 Å². The van der Waals surface area contributed by atoms with E-state index in [-0.39, 0.29) is 22.4 Å². The van der Waals surface area contributed by atoms with Crippen LogP contribution in [0.3, 0.4) is 0 Å². The van der Waals surface area contributed by atoms with Crippen molar-refractivity contribution in [1.82, 2.24) is 4.90 Å². The van der Waals surface area contributed by atoms with Crippen LogP contribution in [-0.4, -0.2) is 43.8 Å². The average Bonchev–Trinajstić information content (AvgIpc) is 2.91. The van der Waals surface area contributed by atoms with Crippen LogP contribution in [0.4, 0.5) is 0 Å². The molecule has 0 N–H and O–H groups in total. The zero-order valence-electron chi connectivity index (χ0n) is 26.8. The lowest BCUT2D eigenvalue weighted by Crippen LogP contribution is -2.45. The molecule has 43 heavy (non-hydrogen) atoms. The maximum absolute atomic E-state index is 14.1. The fourth-order valence-corrected chi connectivity index (χ4v) is 7.71. The predicted molar refractivity (Wildman–Crippen MR) is 177 cm³/mol. The molecule has 2 aromatic carbocycles. The Balaban J connectivity index is 1.64. The number of halogens is 1. The Hall–Kier alpha value is -2.65. The molecule has 7 heteroatoms. The first-order valence-corrected chi connectivity index (χ1v) is 16.2. The van der Waals surface area contributed by atoms with Gasteiger partial charge in [-0.3, -0.25) is 9.59 Å². The molecular formula is C36H44INO5. The molecule has 2 aromatic rings. The summed E-state index contributed by atoms with van der Waals surface area (Å²) in [5, 5.41) is 0. The molecule has 2 aliphatic carbocycles. The van der Waals surface area contributed by atoms with E-state index in [0.29, 0.717) is 44.1 Å². The normalized spacial score (nSPS) is 19.9. The quantitative estimate of drug-likeness (QED) is 0.262. The van der Waals surface area contributed by atoms with Gasteiger partial charge in [0.05, 0.1) is 17.3 Å². The van der Waals surface area contributed by atoms with E-state index in [1.165, 1.54) is 11.1 Å². The van der Waals surface area contributed by atoms with Crippen molar-refractivity contribution in [2.24, 2.45) is 10.8 Å². The fraction of sp³-hybridized carbons (Fsp3) is 0.500. The number of Topliss-reactive ketones (excluding diaryl/α,β-unsaturated/α-hetero) is 2. The molecule has 0 atom stereocenters. The lowest BCUT2D eigenvalue weighted by atomic mass is 9.63. The monoisotopic (exact) mass is 697 g/mol. The molecule has 1 aliphatic heterocycles. The minimum Gasteiger partial charge on any atom is -0.493 e. The molecule has 0 bridgehead atoms. The molecule has 1 heterocycles. The van der Waals surface area contributed by atoms with Crippen molar-refractivity contribution in [3.05, 3.63) is 78.7 Å². The van der Waals surface area contributed by atoms with Gasteiger partial charge in [0.1, 0.15) is 6.61 Å². The SMILES string of the molecule is COCCN1C2=C(C(=O)CC(C)(C)C2)C(c2cc(I)c(OCc3ccc(C)c(C)c3)c(OC)c2)C2=C1CC(C)(C)CC2=O. The highest BCUT2D eigenvalue weighted by Crippen LogP contribution is 2.55. The van der Waals surface area contributed by atoms with Crippen LogP contribution < -0.4 is 9.47 Å². The highest BCUT2D eigenvalue weighted by atomic mass is 127. The lowest BCUT2D eigenvalue weighted by molar-refractivity contribution is -0.119. The molecule has 5 rings (SSSR count). The number of ether oxygens (including phenoxy) is 3. The number of hydrogen-bond donors (Lipinski definition) is 0. The summed E-state index contributed by atoms with van der Waals surface area (Å²) >= 11 is 2.29. The van der Waals surface area contributed by atoms with Gasteiger partial charge < -0.3 is 19.1 Å². The van der Waals surface area contributed by atoms with Gasteiger partial charge in [0, 0.05) is 55.0 Å². The van der Waals surface area contributed by atoms with E-state index in [2.05, 4.69) is 93.3 Å². The Morgan fingerprint density at radius 2 is 1.47 bits per heavy atom. The molecule has 0 amide bonds. The Labute approximate surface area is 270 Å². The van der Waals surface area contributed by atoms with Crippen LogP contribution in [0.2, 0.25) is 0 Å². The molecular weight excluding hydrogens is 653 g/mol. The fourth-order valence-electron chi connectivity index (χ4n) is 6.93. The van der Waals surface area contributed by atoms with Gasteiger partial charge in [-0.2, -0.15) is 0 Å². The van der Waals surface area contributed by atoms with Crippen LogP contribution in [0, 0.1) is 28.2 Å². The van der Waals surface area contributed by atoms with Crippen molar-refractivity contribution in [1.29, 1.82) is 0 Å². The van der Waals surface area contributed by atoms with Crippen LogP contribution in [0.5, 0.6) is 11.5 Å². The lowest BCUT2D eigenvalue weighted by Gasteiger charge is -2.49. The number of allylic oxidation sites excluding steroid dienone is 4. The topological polar surface area (TPSA) is 65.1 Å². The second-order valence-electron chi connectivity index (χ2n) is 13.9. The minimum absolute atomic E-state index is 0.117. The summed E-state index contributed by atoms with van der Waals surface area (Å²) in [7, 11) is 3.34. The van der Waals surface area contributed by atoms with Gasteiger partial charge in [-0.25, -0.2) is 0 Å². The highest BCUT2D eigenvalue weighted by Gasteiger charge is 2.49. The van der Waals surface area contributed by atoms with Crippen LogP contribution in [0.15, 0.2) is 52.9 Å². The Morgan fingerprint density at radius 3 is 2.00 bits per heavy atom. The third kappa shape index (κ3) is 6.30. The third-order valence-electron chi connectivity index (χ3n) is 9.08. The number of rotatable bonds is 8. The van der Waals surface area contributed by atoms with E-state index >= 15 is 0 Å². The van der Waals surface area contributed by atoms with Gasteiger partial charge >= 0.3 is 0 Å². The summed E-state index contributed by atoms with van der Waals surface area (Å²) in [6.07, 6.45) is 2.44. The number of ketones is 2. The molecule has 6 nitrogen and oxygen atoms in total. The predicted octanol–water partition coefficient (Wildman–Crippen LogP) is 7.83. The first-order valence-electron chi connectivity index (χ1n) is 15.1. The standard InChI is InChI=1S/C36H44INO5/c1-21-9-10-23(13-22(21)2)20-43-34-25(37)14-24(15-30(34)42-8)31-32-26(16-35(3,4)18-28(32)39)38(11-12-41-7)27-17-36(5,6)19-29(40)33(27)31/h9-10,13-15,31H,11-12,16-20H2,1-8H3. The number of hydrogen-bond acceptors (Lipinski definition) is 6. The number of aryl methyl sites for hydroxylation is 2. The number of carbonyl (C=O) groups excluding carboxylic acids is 2. The number of nitrogens with zero attached hydrogens (tertiary/aromatic N) is 1. The average molecular weight is 698 g/mol. The van der Waals surface area contributed by atoms with Crippen molar-refractivity contribution >= 4 is 34.2 Å². The number of methoxy groups -OCH3 is 2. The largest absolute Gasteiger partial charge is 0.493 e. The molecule has 0 saturated carbocycles. The van der Waals surface area contributed by atoms with Crippen LogP contribution >= 0.6 is 22.6 Å². The van der Waals surface area contributed by atoms with Gasteiger partial charge in [-0.15, -0.1) is 0 Å². The van der Waals surface area contributed by atoms with E-state index in [1.54, 1.807) is 14.2 Å². The van der Waals surface area contributed by atoms with Gasteiger partial charge in [-0.1, -0.05) is 45.9 Å². The molecule has 230 valence electrons. The second-order valence-corrected chi connectivity index (χ2v) is 15.1. The summed E-state index contributed by atoms with van der Waals surface area (Å²) in [5.74, 6) is 1.06. The molecule has 0 spiro atoms. The van der Waals surface area contributed by atoms with Crippen LogP contribution in [-0.2, 0) is 20.9 Å². The molecule has 0 unspecified atom stereocenters. The Morgan fingerprint density at radius 1 is 0.860 bits per heavy atom. The molecule has 3 aliphatic rings.